The zero-order valence-electron chi connectivity index (χ0n) is 13.9. The van der Waals surface area contributed by atoms with E-state index in [4.69, 9.17) is 4.42 Å². The molecule has 0 aromatic carbocycles. The van der Waals surface area contributed by atoms with Gasteiger partial charge < -0.3 is 14.2 Å². The second-order valence-electron chi connectivity index (χ2n) is 6.79. The summed E-state index contributed by atoms with van der Waals surface area (Å²) in [4.78, 5) is 28.4. The maximum absolute atomic E-state index is 12.4. The lowest BCUT2D eigenvalue weighted by molar-refractivity contribution is -0.133. The number of carbonyl (C=O) groups is 2. The van der Waals surface area contributed by atoms with Crippen LogP contribution in [-0.2, 0) is 4.79 Å². The topological polar surface area (TPSA) is 53.8 Å². The molecule has 3 rings (SSSR count). The lowest BCUT2D eigenvalue weighted by atomic mass is 10.0. The second kappa shape index (κ2) is 7.20. The van der Waals surface area contributed by atoms with E-state index in [-0.39, 0.29) is 11.8 Å². The number of carbonyl (C=O) groups excluding carboxylic acids is 2. The molecule has 23 heavy (non-hydrogen) atoms. The normalized spacial score (nSPS) is 19.3. The third-order valence-corrected chi connectivity index (χ3v) is 5.22. The fourth-order valence-electron chi connectivity index (χ4n) is 3.68. The van der Waals surface area contributed by atoms with Crippen molar-refractivity contribution in [2.75, 3.05) is 26.2 Å². The lowest BCUT2D eigenvalue weighted by Gasteiger charge is -2.34. The minimum absolute atomic E-state index is 0.0643. The molecule has 0 N–H and O–H groups in total. The van der Waals surface area contributed by atoms with Gasteiger partial charge in [0.25, 0.3) is 5.91 Å². The van der Waals surface area contributed by atoms with Gasteiger partial charge >= 0.3 is 0 Å². The summed E-state index contributed by atoms with van der Waals surface area (Å²) in [5.74, 6) is 1.36. The van der Waals surface area contributed by atoms with Gasteiger partial charge in [0.1, 0.15) is 0 Å². The van der Waals surface area contributed by atoms with Gasteiger partial charge in [-0.1, -0.05) is 25.7 Å². The number of furan rings is 1. The molecule has 5 heteroatoms. The molecule has 2 heterocycles. The van der Waals surface area contributed by atoms with Gasteiger partial charge in [-0.3, -0.25) is 9.59 Å². The van der Waals surface area contributed by atoms with Crippen molar-refractivity contribution in [1.29, 1.82) is 0 Å². The van der Waals surface area contributed by atoms with Crippen LogP contribution in [0, 0.1) is 12.8 Å². The first kappa shape index (κ1) is 16.1. The number of amides is 2. The summed E-state index contributed by atoms with van der Waals surface area (Å²) >= 11 is 0. The van der Waals surface area contributed by atoms with E-state index in [1.165, 1.54) is 25.7 Å². The summed E-state index contributed by atoms with van der Waals surface area (Å²) in [5.41, 5.74) is 0.866. The molecular formula is C18H26N2O3. The number of nitrogens with zero attached hydrogens (tertiary/aromatic N) is 2. The average Bonchev–Trinajstić information content (AvgIpc) is 3.23. The molecule has 0 bridgehead atoms. The predicted octanol–water partition coefficient (Wildman–Crippen LogP) is 2.84. The van der Waals surface area contributed by atoms with Crippen molar-refractivity contribution in [1.82, 2.24) is 9.80 Å². The van der Waals surface area contributed by atoms with Crippen LogP contribution >= 0.6 is 0 Å². The van der Waals surface area contributed by atoms with E-state index in [0.29, 0.717) is 38.4 Å². The summed E-state index contributed by atoms with van der Waals surface area (Å²) in [6.45, 7) is 4.33. The predicted molar refractivity (Wildman–Crippen MR) is 87.1 cm³/mol. The number of hydrogen-bond donors (Lipinski definition) is 0. The Bertz CT molecular complexity index is 552. The van der Waals surface area contributed by atoms with Crippen LogP contribution in [0.2, 0.25) is 0 Å². The van der Waals surface area contributed by atoms with Gasteiger partial charge in [0.05, 0.1) is 6.26 Å². The fraction of sp³-hybridized carbons (Fsp3) is 0.667. The Morgan fingerprint density at radius 3 is 2.39 bits per heavy atom. The maximum Gasteiger partial charge on any atom is 0.289 e. The number of hydrogen-bond acceptors (Lipinski definition) is 3. The molecule has 1 aromatic heterocycles. The maximum atomic E-state index is 12.4. The monoisotopic (exact) mass is 318 g/mol. The van der Waals surface area contributed by atoms with Crippen LogP contribution in [0.3, 0.4) is 0 Å². The van der Waals surface area contributed by atoms with Gasteiger partial charge in [-0.15, -0.1) is 0 Å². The smallest absolute Gasteiger partial charge is 0.289 e. The molecule has 1 saturated carbocycles. The standard InChI is InChI=1S/C18H26N2O3/c1-14-8-13-23-17(14)18(22)20-11-9-19(10-12-20)16(21)7-6-15-4-2-3-5-15/h8,13,15H,2-7,9-12H2,1H3. The molecule has 0 atom stereocenters. The molecule has 1 aliphatic carbocycles. The fourth-order valence-corrected chi connectivity index (χ4v) is 3.68. The van der Waals surface area contributed by atoms with Crippen molar-refractivity contribution in [3.05, 3.63) is 23.7 Å². The quantitative estimate of drug-likeness (QED) is 0.858. The highest BCUT2D eigenvalue weighted by Crippen LogP contribution is 2.28. The zero-order valence-corrected chi connectivity index (χ0v) is 13.9. The molecule has 5 nitrogen and oxygen atoms in total. The van der Waals surface area contributed by atoms with Crippen molar-refractivity contribution in [2.24, 2.45) is 5.92 Å². The van der Waals surface area contributed by atoms with Gasteiger partial charge in [0.2, 0.25) is 5.91 Å². The highest BCUT2D eigenvalue weighted by molar-refractivity contribution is 5.93. The van der Waals surface area contributed by atoms with Gasteiger partial charge in [-0.2, -0.15) is 0 Å². The first-order chi connectivity index (χ1) is 11.1. The molecule has 1 aliphatic heterocycles. The third-order valence-electron chi connectivity index (χ3n) is 5.22. The first-order valence-corrected chi connectivity index (χ1v) is 8.76. The lowest BCUT2D eigenvalue weighted by Crippen LogP contribution is -2.50. The molecule has 2 amide bonds. The third kappa shape index (κ3) is 3.77. The summed E-state index contributed by atoms with van der Waals surface area (Å²) in [7, 11) is 0. The van der Waals surface area contributed by atoms with E-state index < -0.39 is 0 Å². The SMILES string of the molecule is Cc1ccoc1C(=O)N1CCN(C(=O)CCC2CCCC2)CC1. The van der Waals surface area contributed by atoms with E-state index in [0.717, 1.165) is 17.9 Å². The van der Waals surface area contributed by atoms with Crippen LogP contribution in [0.5, 0.6) is 0 Å². The van der Waals surface area contributed by atoms with Crippen LogP contribution in [0.25, 0.3) is 0 Å². The molecule has 1 aromatic rings. The Balaban J connectivity index is 1.45. The van der Waals surface area contributed by atoms with Gasteiger partial charge in [0, 0.05) is 38.2 Å². The minimum atomic E-state index is -0.0643. The summed E-state index contributed by atoms with van der Waals surface area (Å²) in [6.07, 6.45) is 8.47. The van der Waals surface area contributed by atoms with E-state index in [2.05, 4.69) is 0 Å². The van der Waals surface area contributed by atoms with Crippen LogP contribution in [0.1, 0.15) is 54.6 Å². The van der Waals surface area contributed by atoms with Crippen LogP contribution in [0.4, 0.5) is 0 Å². The van der Waals surface area contributed by atoms with Crippen molar-refractivity contribution >= 4 is 11.8 Å². The van der Waals surface area contributed by atoms with E-state index >= 15 is 0 Å². The van der Waals surface area contributed by atoms with Gasteiger partial charge in [0.15, 0.2) is 5.76 Å². The summed E-state index contributed by atoms with van der Waals surface area (Å²) in [5, 5.41) is 0. The van der Waals surface area contributed by atoms with Crippen molar-refractivity contribution in [3.63, 3.8) is 0 Å². The highest BCUT2D eigenvalue weighted by atomic mass is 16.3. The Kier molecular flexibility index (Phi) is 5.03. The second-order valence-corrected chi connectivity index (χ2v) is 6.79. The molecule has 0 radical (unpaired) electrons. The molecule has 126 valence electrons. The number of piperazine rings is 1. The Morgan fingerprint density at radius 2 is 1.78 bits per heavy atom. The number of aryl methyl sites for hydroxylation is 1. The zero-order chi connectivity index (χ0) is 16.2. The molecule has 0 spiro atoms. The van der Waals surface area contributed by atoms with Gasteiger partial charge in [-0.05, 0) is 25.3 Å². The summed E-state index contributed by atoms with van der Waals surface area (Å²) < 4.78 is 5.28. The van der Waals surface area contributed by atoms with E-state index in [1.807, 2.05) is 11.8 Å². The highest BCUT2D eigenvalue weighted by Gasteiger charge is 2.27. The number of rotatable bonds is 4. The van der Waals surface area contributed by atoms with Crippen LogP contribution in [-0.4, -0.2) is 47.8 Å². The van der Waals surface area contributed by atoms with Crippen molar-refractivity contribution in [3.8, 4) is 0 Å². The molecule has 0 unspecified atom stereocenters. The first-order valence-electron chi connectivity index (χ1n) is 8.76. The minimum Gasteiger partial charge on any atom is -0.459 e. The van der Waals surface area contributed by atoms with Crippen molar-refractivity contribution < 1.29 is 14.0 Å². The molecule has 2 aliphatic rings. The Labute approximate surface area is 137 Å². The van der Waals surface area contributed by atoms with E-state index in [1.54, 1.807) is 17.2 Å². The Hall–Kier alpha value is -1.78. The Morgan fingerprint density at radius 1 is 1.13 bits per heavy atom. The largest absolute Gasteiger partial charge is 0.459 e. The average molecular weight is 318 g/mol. The van der Waals surface area contributed by atoms with Gasteiger partial charge in [-0.25, -0.2) is 0 Å². The molecular weight excluding hydrogens is 292 g/mol. The van der Waals surface area contributed by atoms with E-state index in [9.17, 15) is 9.59 Å². The van der Waals surface area contributed by atoms with Crippen LogP contribution < -0.4 is 0 Å². The summed E-state index contributed by atoms with van der Waals surface area (Å²) in [6, 6.07) is 1.80. The van der Waals surface area contributed by atoms with Crippen molar-refractivity contribution in [2.45, 2.75) is 45.4 Å². The van der Waals surface area contributed by atoms with Crippen LogP contribution in [0.15, 0.2) is 16.7 Å². The molecule has 2 fully saturated rings. The molecule has 1 saturated heterocycles.